The van der Waals surface area contributed by atoms with E-state index in [4.69, 9.17) is 0 Å². The van der Waals surface area contributed by atoms with Gasteiger partial charge in [-0.05, 0) is 18.8 Å². The fourth-order valence-electron chi connectivity index (χ4n) is 1.70. The number of nitrogens with zero attached hydrogens (tertiary/aromatic N) is 1. The van der Waals surface area contributed by atoms with Crippen LogP contribution in [0.4, 0.5) is 0 Å². The minimum atomic E-state index is -0.307. The Bertz CT molecular complexity index is 287. The third-order valence-corrected chi connectivity index (χ3v) is 3.34. The number of likely N-dealkylation sites (N-methyl/N-ethyl adjacent to an activating group) is 1. The van der Waals surface area contributed by atoms with E-state index >= 15 is 0 Å². The molecule has 1 fully saturated rings. The van der Waals surface area contributed by atoms with Gasteiger partial charge in [0.25, 0.3) is 0 Å². The second-order valence-electron chi connectivity index (χ2n) is 5.13. The molecule has 0 spiro atoms. The van der Waals surface area contributed by atoms with Crippen LogP contribution in [0.5, 0.6) is 0 Å². The van der Waals surface area contributed by atoms with Crippen molar-refractivity contribution in [3.63, 3.8) is 0 Å². The molecule has 1 unspecified atom stereocenters. The highest BCUT2D eigenvalue weighted by Crippen LogP contribution is 2.20. The monoisotopic (exact) mass is 226 g/mol. The van der Waals surface area contributed by atoms with Gasteiger partial charge < -0.3 is 5.32 Å². The lowest BCUT2D eigenvalue weighted by Crippen LogP contribution is -2.42. The van der Waals surface area contributed by atoms with Crippen LogP contribution >= 0.6 is 0 Å². The quantitative estimate of drug-likeness (QED) is 0.716. The number of carbonyl (C=O) groups excluding carboxylic acids is 2. The van der Waals surface area contributed by atoms with E-state index in [1.54, 1.807) is 0 Å². The van der Waals surface area contributed by atoms with Crippen LogP contribution < -0.4 is 5.32 Å². The first-order chi connectivity index (χ1) is 7.41. The third-order valence-electron chi connectivity index (χ3n) is 3.34. The van der Waals surface area contributed by atoms with Gasteiger partial charge >= 0.3 is 0 Å². The van der Waals surface area contributed by atoms with E-state index in [1.165, 1.54) is 4.90 Å². The molecule has 92 valence electrons. The van der Waals surface area contributed by atoms with Crippen LogP contribution in [0.3, 0.4) is 0 Å². The number of hydrogen-bond acceptors (Lipinski definition) is 3. The lowest BCUT2D eigenvalue weighted by molar-refractivity contribution is -0.138. The van der Waals surface area contributed by atoms with Crippen LogP contribution in [0.25, 0.3) is 0 Å². The lowest BCUT2D eigenvalue weighted by Gasteiger charge is -2.24. The van der Waals surface area contributed by atoms with Gasteiger partial charge in [0, 0.05) is 13.1 Å². The molecule has 0 aliphatic carbocycles. The summed E-state index contributed by atoms with van der Waals surface area (Å²) in [6.07, 6.45) is 1.36. The summed E-state index contributed by atoms with van der Waals surface area (Å²) in [5.41, 5.74) is 0.170. The molecular weight excluding hydrogens is 204 g/mol. The van der Waals surface area contributed by atoms with Gasteiger partial charge in [-0.1, -0.05) is 20.8 Å². The Balaban J connectivity index is 2.52. The summed E-state index contributed by atoms with van der Waals surface area (Å²) >= 11 is 0. The second-order valence-corrected chi connectivity index (χ2v) is 5.13. The Morgan fingerprint density at radius 1 is 1.38 bits per heavy atom. The molecule has 16 heavy (non-hydrogen) atoms. The highest BCUT2D eigenvalue weighted by molar-refractivity contribution is 6.05. The number of amides is 2. The topological polar surface area (TPSA) is 49.4 Å². The van der Waals surface area contributed by atoms with Crippen molar-refractivity contribution in [3.8, 4) is 0 Å². The van der Waals surface area contributed by atoms with Gasteiger partial charge in [-0.15, -0.1) is 0 Å². The van der Waals surface area contributed by atoms with E-state index in [0.29, 0.717) is 13.0 Å². The van der Waals surface area contributed by atoms with Gasteiger partial charge in [0.2, 0.25) is 11.8 Å². The highest BCUT2D eigenvalue weighted by Gasteiger charge is 2.37. The number of likely N-dealkylation sites (tertiary alicyclic amines) is 1. The summed E-state index contributed by atoms with van der Waals surface area (Å²) in [6.45, 7) is 9.51. The third kappa shape index (κ3) is 2.82. The van der Waals surface area contributed by atoms with Crippen molar-refractivity contribution in [1.82, 2.24) is 10.2 Å². The number of rotatable bonds is 5. The van der Waals surface area contributed by atoms with E-state index in [0.717, 1.165) is 13.0 Å². The minimum absolute atomic E-state index is 0.0562. The van der Waals surface area contributed by atoms with Gasteiger partial charge in [0.1, 0.15) is 0 Å². The summed E-state index contributed by atoms with van der Waals surface area (Å²) in [5.74, 6) is -0.126. The first-order valence-corrected chi connectivity index (χ1v) is 5.99. The van der Waals surface area contributed by atoms with E-state index in [9.17, 15) is 9.59 Å². The molecule has 1 rings (SSSR count). The van der Waals surface area contributed by atoms with Crippen molar-refractivity contribution in [3.05, 3.63) is 0 Å². The Labute approximate surface area is 97.4 Å². The molecule has 2 amide bonds. The summed E-state index contributed by atoms with van der Waals surface area (Å²) in [6, 6.07) is -0.307. The highest BCUT2D eigenvalue weighted by atomic mass is 16.2. The zero-order chi connectivity index (χ0) is 12.3. The first-order valence-electron chi connectivity index (χ1n) is 5.99. The Kier molecular flexibility index (Phi) is 4.08. The average molecular weight is 226 g/mol. The van der Waals surface area contributed by atoms with Crippen LogP contribution in [0.15, 0.2) is 0 Å². The predicted octanol–water partition coefficient (Wildman–Crippen LogP) is 1.16. The number of imide groups is 1. The maximum Gasteiger partial charge on any atom is 0.246 e. The molecule has 0 aromatic carbocycles. The molecule has 0 aromatic heterocycles. The van der Waals surface area contributed by atoms with Gasteiger partial charge in [-0.25, -0.2) is 0 Å². The zero-order valence-electron chi connectivity index (χ0n) is 10.7. The molecule has 1 atom stereocenters. The number of nitrogens with one attached hydrogen (secondary N) is 1. The molecule has 0 bridgehead atoms. The van der Waals surface area contributed by atoms with Gasteiger partial charge in [-0.3, -0.25) is 14.5 Å². The minimum Gasteiger partial charge on any atom is -0.305 e. The van der Waals surface area contributed by atoms with Crippen molar-refractivity contribution in [2.24, 2.45) is 5.41 Å². The Morgan fingerprint density at radius 3 is 2.44 bits per heavy atom. The van der Waals surface area contributed by atoms with Gasteiger partial charge in [0.15, 0.2) is 0 Å². The molecule has 1 aliphatic heterocycles. The standard InChI is InChI=1S/C12H22N2O2/c1-5-12(3,4)8-13-9-7-10(15)14(6-2)11(9)16/h9,13H,5-8H2,1-4H3. The van der Waals surface area contributed by atoms with Crippen molar-refractivity contribution in [1.29, 1.82) is 0 Å². The largest absolute Gasteiger partial charge is 0.305 e. The van der Waals surface area contributed by atoms with Crippen molar-refractivity contribution in [2.75, 3.05) is 13.1 Å². The van der Waals surface area contributed by atoms with Crippen LogP contribution in [-0.4, -0.2) is 35.8 Å². The van der Waals surface area contributed by atoms with E-state index < -0.39 is 0 Å². The molecule has 1 heterocycles. The second kappa shape index (κ2) is 4.95. The molecule has 1 N–H and O–H groups in total. The maximum atomic E-state index is 11.8. The van der Waals surface area contributed by atoms with Crippen molar-refractivity contribution < 1.29 is 9.59 Å². The van der Waals surface area contributed by atoms with E-state index in [2.05, 4.69) is 26.1 Å². The summed E-state index contributed by atoms with van der Waals surface area (Å²) < 4.78 is 0. The summed E-state index contributed by atoms with van der Waals surface area (Å²) in [5, 5.41) is 3.21. The molecule has 4 nitrogen and oxygen atoms in total. The van der Waals surface area contributed by atoms with E-state index in [1.807, 2.05) is 6.92 Å². The molecule has 0 radical (unpaired) electrons. The molecule has 0 saturated carbocycles. The smallest absolute Gasteiger partial charge is 0.246 e. The molecular formula is C12H22N2O2. The summed E-state index contributed by atoms with van der Waals surface area (Å²) in [7, 11) is 0. The van der Waals surface area contributed by atoms with Crippen LogP contribution in [0.2, 0.25) is 0 Å². The molecule has 1 aliphatic rings. The van der Waals surface area contributed by atoms with Crippen LogP contribution in [0.1, 0.15) is 40.5 Å². The molecule has 4 heteroatoms. The van der Waals surface area contributed by atoms with Crippen molar-refractivity contribution >= 4 is 11.8 Å². The maximum absolute atomic E-state index is 11.8. The summed E-state index contributed by atoms with van der Waals surface area (Å²) in [4.78, 5) is 24.6. The lowest BCUT2D eigenvalue weighted by atomic mass is 9.90. The van der Waals surface area contributed by atoms with Crippen molar-refractivity contribution in [2.45, 2.75) is 46.6 Å². The van der Waals surface area contributed by atoms with Gasteiger partial charge in [-0.2, -0.15) is 0 Å². The molecule has 1 saturated heterocycles. The number of hydrogen-bond donors (Lipinski definition) is 1. The average Bonchev–Trinajstić information content (AvgIpc) is 2.51. The van der Waals surface area contributed by atoms with Crippen LogP contribution in [-0.2, 0) is 9.59 Å². The predicted molar refractivity (Wildman–Crippen MR) is 62.9 cm³/mol. The van der Waals surface area contributed by atoms with Gasteiger partial charge in [0.05, 0.1) is 12.5 Å². The van der Waals surface area contributed by atoms with Crippen LogP contribution in [0, 0.1) is 5.41 Å². The first kappa shape index (κ1) is 13.2. The SMILES string of the molecule is CCN1C(=O)CC(NCC(C)(C)CC)C1=O. The number of carbonyl (C=O) groups is 2. The fourth-order valence-corrected chi connectivity index (χ4v) is 1.70. The Hall–Kier alpha value is -0.900. The normalized spacial score (nSPS) is 22.0. The van der Waals surface area contributed by atoms with E-state index in [-0.39, 0.29) is 23.3 Å². The zero-order valence-corrected chi connectivity index (χ0v) is 10.7. The fraction of sp³-hybridized carbons (Fsp3) is 0.833. The Morgan fingerprint density at radius 2 is 2.00 bits per heavy atom. The molecule has 0 aromatic rings.